The van der Waals surface area contributed by atoms with Gasteiger partial charge in [0, 0.05) is 27.8 Å². The molecule has 4 rings (SSSR count). The van der Waals surface area contributed by atoms with Crippen LogP contribution in [0, 0.1) is 0 Å². The number of esters is 1. The van der Waals surface area contributed by atoms with Gasteiger partial charge in [-0.25, -0.2) is 0 Å². The Morgan fingerprint density at radius 1 is 0.950 bits per heavy atom. The van der Waals surface area contributed by atoms with E-state index in [1.54, 1.807) is 63.5 Å². The smallest absolute Gasteiger partial charge is 0.308 e. The first-order valence-corrected chi connectivity index (χ1v) is 13.5. The Morgan fingerprint density at radius 2 is 1.75 bits per heavy atom. The molecule has 0 saturated carbocycles. The Morgan fingerprint density at radius 3 is 2.42 bits per heavy atom. The van der Waals surface area contributed by atoms with E-state index < -0.39 is 18.2 Å². The fourth-order valence-corrected chi connectivity index (χ4v) is 5.15. The Bertz CT molecular complexity index is 1380. The second-order valence-corrected chi connectivity index (χ2v) is 9.65. The van der Waals surface area contributed by atoms with Crippen LogP contribution in [0.3, 0.4) is 0 Å². The number of fused-ring (bicyclic) bond motifs is 1. The second-order valence-electron chi connectivity index (χ2n) is 9.21. The summed E-state index contributed by atoms with van der Waals surface area (Å²) in [6.07, 6.45) is -1.40. The van der Waals surface area contributed by atoms with Gasteiger partial charge in [-0.3, -0.25) is 9.59 Å². The number of para-hydroxylation sites is 1. The number of rotatable bonds is 10. The van der Waals surface area contributed by atoms with Crippen LogP contribution < -0.4 is 19.1 Å². The molecule has 0 aliphatic carbocycles. The number of benzene rings is 3. The van der Waals surface area contributed by atoms with Crippen molar-refractivity contribution in [1.29, 1.82) is 0 Å². The van der Waals surface area contributed by atoms with Crippen molar-refractivity contribution in [3.63, 3.8) is 0 Å². The fraction of sp³-hybridized carbons (Fsp3) is 0.355. The van der Waals surface area contributed by atoms with Gasteiger partial charge >= 0.3 is 5.97 Å². The van der Waals surface area contributed by atoms with Gasteiger partial charge in [0.25, 0.3) is 5.91 Å². The molecule has 3 aromatic rings. The van der Waals surface area contributed by atoms with Gasteiger partial charge in [0.15, 0.2) is 0 Å². The van der Waals surface area contributed by atoms with E-state index in [0.29, 0.717) is 33.5 Å². The summed E-state index contributed by atoms with van der Waals surface area (Å²) in [5.41, 5.74) is 3.75. The van der Waals surface area contributed by atoms with Crippen molar-refractivity contribution in [2.45, 2.75) is 45.4 Å². The standard InChI is InChI=1S/C31H34ClNO7/c1-6-19-9-8-10-23(29(19)38-5)30-24-15-21(32)12-14-25(24)33(31(35)27(40-30)17-28(34)39-7-2)18-20-11-13-22(36-3)16-26(20)37-4/h8-16,27,30H,6-7,17-18H2,1-5H3/t27-,30-/m1/s1. The molecule has 212 valence electrons. The minimum absolute atomic E-state index is 0.155. The number of halogens is 1. The number of methoxy groups -OCH3 is 3. The molecule has 8 nitrogen and oxygen atoms in total. The predicted octanol–water partition coefficient (Wildman–Crippen LogP) is 5.90. The number of carbonyl (C=O) groups excluding carboxylic acids is 2. The van der Waals surface area contributed by atoms with Crippen LogP contribution in [0.2, 0.25) is 5.02 Å². The molecule has 9 heteroatoms. The second kappa shape index (κ2) is 13.1. The Kier molecular flexibility index (Phi) is 9.55. The van der Waals surface area contributed by atoms with Gasteiger partial charge in [-0.05, 0) is 49.2 Å². The molecule has 2 atom stereocenters. The van der Waals surface area contributed by atoms with Crippen LogP contribution in [-0.4, -0.2) is 45.9 Å². The molecule has 0 radical (unpaired) electrons. The Balaban J connectivity index is 1.90. The van der Waals surface area contributed by atoms with Crippen molar-refractivity contribution in [2.24, 2.45) is 0 Å². The summed E-state index contributed by atoms with van der Waals surface area (Å²) < 4.78 is 28.5. The molecule has 1 amide bonds. The van der Waals surface area contributed by atoms with E-state index >= 15 is 0 Å². The maximum atomic E-state index is 14.2. The summed E-state index contributed by atoms with van der Waals surface area (Å²) in [5.74, 6) is 0.932. The fourth-order valence-electron chi connectivity index (χ4n) is 4.97. The lowest BCUT2D eigenvalue weighted by atomic mass is 9.95. The number of anilines is 1. The van der Waals surface area contributed by atoms with Crippen LogP contribution in [0.25, 0.3) is 0 Å². The van der Waals surface area contributed by atoms with Crippen LogP contribution in [0.5, 0.6) is 17.2 Å². The van der Waals surface area contributed by atoms with Gasteiger partial charge in [-0.15, -0.1) is 0 Å². The van der Waals surface area contributed by atoms with E-state index in [4.69, 9.17) is 35.3 Å². The van der Waals surface area contributed by atoms with Gasteiger partial charge in [0.05, 0.1) is 46.6 Å². The summed E-state index contributed by atoms with van der Waals surface area (Å²) in [5, 5.41) is 0.483. The summed E-state index contributed by atoms with van der Waals surface area (Å²) in [4.78, 5) is 28.4. The first kappa shape index (κ1) is 29.2. The summed E-state index contributed by atoms with van der Waals surface area (Å²) in [7, 11) is 4.75. The molecule has 0 spiro atoms. The van der Waals surface area contributed by atoms with Gasteiger partial charge in [-0.1, -0.05) is 36.7 Å². The third kappa shape index (κ3) is 6.03. The van der Waals surface area contributed by atoms with Crippen molar-refractivity contribution in [3.05, 3.63) is 81.9 Å². The predicted molar refractivity (Wildman–Crippen MR) is 153 cm³/mol. The summed E-state index contributed by atoms with van der Waals surface area (Å²) in [6, 6.07) is 16.5. The third-order valence-corrected chi connectivity index (χ3v) is 7.11. The van der Waals surface area contributed by atoms with Crippen LogP contribution in [0.1, 0.15) is 48.6 Å². The highest BCUT2D eigenvalue weighted by Gasteiger charge is 2.39. The SMILES string of the molecule is CCOC(=O)C[C@H]1O[C@H](c2cccc(CC)c2OC)c2cc(Cl)ccc2N(Cc2ccc(OC)cc2OC)C1=O. The first-order chi connectivity index (χ1) is 19.3. The molecule has 40 heavy (non-hydrogen) atoms. The molecule has 0 bridgehead atoms. The molecular weight excluding hydrogens is 534 g/mol. The molecule has 0 N–H and O–H groups in total. The molecule has 1 aliphatic heterocycles. The number of carbonyl (C=O) groups is 2. The normalized spacial score (nSPS) is 16.6. The average Bonchev–Trinajstić information content (AvgIpc) is 3.07. The third-order valence-electron chi connectivity index (χ3n) is 6.88. The van der Waals surface area contributed by atoms with Crippen LogP contribution >= 0.6 is 11.6 Å². The number of hydrogen-bond donors (Lipinski definition) is 0. The highest BCUT2D eigenvalue weighted by Crippen LogP contribution is 2.44. The topological polar surface area (TPSA) is 83.5 Å². The first-order valence-electron chi connectivity index (χ1n) is 13.1. The van der Waals surface area contributed by atoms with Crippen LogP contribution in [0.4, 0.5) is 5.69 Å². The van der Waals surface area contributed by atoms with Crippen LogP contribution in [0.15, 0.2) is 54.6 Å². The van der Waals surface area contributed by atoms with E-state index in [1.165, 1.54) is 0 Å². The van der Waals surface area contributed by atoms with E-state index in [0.717, 1.165) is 23.1 Å². The maximum absolute atomic E-state index is 14.2. The van der Waals surface area contributed by atoms with Gasteiger partial charge in [-0.2, -0.15) is 0 Å². The quantitative estimate of drug-likeness (QED) is 0.282. The lowest BCUT2D eigenvalue weighted by Gasteiger charge is -2.26. The number of hydrogen-bond acceptors (Lipinski definition) is 7. The molecule has 1 aliphatic rings. The molecular formula is C31H34ClNO7. The minimum atomic E-state index is -1.13. The number of amides is 1. The number of aryl methyl sites for hydroxylation is 1. The monoisotopic (exact) mass is 567 g/mol. The highest BCUT2D eigenvalue weighted by atomic mass is 35.5. The van der Waals surface area contributed by atoms with Crippen molar-refractivity contribution >= 4 is 29.2 Å². The molecule has 0 unspecified atom stereocenters. The summed E-state index contributed by atoms with van der Waals surface area (Å²) >= 11 is 6.50. The molecule has 1 heterocycles. The largest absolute Gasteiger partial charge is 0.497 e. The van der Waals surface area contributed by atoms with E-state index in [9.17, 15) is 9.59 Å². The van der Waals surface area contributed by atoms with Crippen molar-refractivity contribution in [3.8, 4) is 17.2 Å². The van der Waals surface area contributed by atoms with Gasteiger partial charge < -0.3 is 28.6 Å². The van der Waals surface area contributed by atoms with E-state index in [1.807, 2.05) is 31.2 Å². The van der Waals surface area contributed by atoms with E-state index in [-0.39, 0.29) is 25.5 Å². The zero-order chi connectivity index (χ0) is 28.8. The zero-order valence-corrected chi connectivity index (χ0v) is 24.1. The van der Waals surface area contributed by atoms with Crippen molar-refractivity contribution in [2.75, 3.05) is 32.8 Å². The molecule has 0 fully saturated rings. The zero-order valence-electron chi connectivity index (χ0n) is 23.4. The lowest BCUT2D eigenvalue weighted by Crippen LogP contribution is -2.40. The van der Waals surface area contributed by atoms with Crippen molar-refractivity contribution in [1.82, 2.24) is 0 Å². The average molecular weight is 568 g/mol. The lowest BCUT2D eigenvalue weighted by molar-refractivity contribution is -0.151. The Labute approximate surface area is 239 Å². The highest BCUT2D eigenvalue weighted by molar-refractivity contribution is 6.30. The molecule has 3 aromatic carbocycles. The van der Waals surface area contributed by atoms with Gasteiger partial charge in [0.2, 0.25) is 0 Å². The molecule has 0 saturated heterocycles. The van der Waals surface area contributed by atoms with Crippen LogP contribution in [-0.2, 0) is 32.0 Å². The summed E-state index contributed by atoms with van der Waals surface area (Å²) in [6.45, 7) is 4.11. The maximum Gasteiger partial charge on any atom is 0.308 e. The van der Waals surface area contributed by atoms with E-state index in [2.05, 4.69) is 0 Å². The minimum Gasteiger partial charge on any atom is -0.497 e. The number of nitrogens with zero attached hydrogens (tertiary/aromatic N) is 1. The Hall–Kier alpha value is -3.75. The number of ether oxygens (including phenoxy) is 5. The van der Waals surface area contributed by atoms with Gasteiger partial charge in [0.1, 0.15) is 29.5 Å². The van der Waals surface area contributed by atoms with Crippen molar-refractivity contribution < 1.29 is 33.3 Å². The molecule has 0 aromatic heterocycles.